The summed E-state index contributed by atoms with van der Waals surface area (Å²) >= 11 is 1.32. The molecule has 1 heterocycles. The Balaban J connectivity index is 2.41. The average Bonchev–Trinajstić information content (AvgIpc) is 2.80. The van der Waals surface area contributed by atoms with Crippen molar-refractivity contribution in [2.75, 3.05) is 0 Å². The zero-order valence-electron chi connectivity index (χ0n) is 10.0. The second kappa shape index (κ2) is 5.10. The Morgan fingerprint density at radius 3 is 2.74 bits per heavy atom. The molecule has 1 aromatic heterocycles. The van der Waals surface area contributed by atoms with Crippen molar-refractivity contribution in [3.63, 3.8) is 0 Å². The molecule has 0 atom stereocenters. The van der Waals surface area contributed by atoms with Gasteiger partial charge in [0, 0.05) is 5.38 Å². The number of nitrogens with zero attached hydrogens (tertiary/aromatic N) is 1. The minimum atomic E-state index is -3.58. The summed E-state index contributed by atoms with van der Waals surface area (Å²) in [7, 11) is -3.58. The van der Waals surface area contributed by atoms with E-state index in [1.54, 1.807) is 17.8 Å². The van der Waals surface area contributed by atoms with E-state index in [0.29, 0.717) is 11.3 Å². The summed E-state index contributed by atoms with van der Waals surface area (Å²) in [5.41, 5.74) is 2.55. The highest BCUT2D eigenvalue weighted by Crippen LogP contribution is 2.20. The van der Waals surface area contributed by atoms with Crippen molar-refractivity contribution in [3.05, 3.63) is 45.9 Å². The van der Waals surface area contributed by atoms with Crippen LogP contribution in [0.2, 0.25) is 0 Å². The summed E-state index contributed by atoms with van der Waals surface area (Å²) in [5, 5.41) is 10.7. The van der Waals surface area contributed by atoms with Crippen molar-refractivity contribution in [3.8, 4) is 0 Å². The Hall–Kier alpha value is -1.73. The Morgan fingerprint density at radius 1 is 1.42 bits per heavy atom. The van der Waals surface area contributed by atoms with Crippen molar-refractivity contribution in [2.24, 2.45) is 0 Å². The van der Waals surface area contributed by atoms with Gasteiger partial charge in [-0.15, -0.1) is 11.3 Å². The Bertz CT molecular complexity index is 705. The Kier molecular flexibility index (Phi) is 3.68. The predicted molar refractivity (Wildman–Crippen MR) is 71.1 cm³/mol. The van der Waals surface area contributed by atoms with E-state index in [9.17, 15) is 13.2 Å². The first-order valence-electron chi connectivity index (χ1n) is 5.34. The number of aryl methyl sites for hydroxylation is 1. The zero-order chi connectivity index (χ0) is 14.0. The molecular formula is C12H11NO4S2. The van der Waals surface area contributed by atoms with Crippen LogP contribution in [-0.2, 0) is 15.6 Å². The predicted octanol–water partition coefficient (Wildman–Crippen LogP) is 2.12. The van der Waals surface area contributed by atoms with Gasteiger partial charge in [-0.25, -0.2) is 18.2 Å². The van der Waals surface area contributed by atoms with Crippen LogP contribution in [0.1, 0.15) is 21.6 Å². The van der Waals surface area contributed by atoms with Crippen LogP contribution in [0.3, 0.4) is 0 Å². The number of hydrogen-bond donors (Lipinski definition) is 1. The molecule has 1 N–H and O–H groups in total. The van der Waals surface area contributed by atoms with Crippen molar-refractivity contribution >= 4 is 27.1 Å². The zero-order valence-corrected chi connectivity index (χ0v) is 11.7. The Labute approximate surface area is 114 Å². The van der Waals surface area contributed by atoms with Gasteiger partial charge in [-0.2, -0.15) is 0 Å². The van der Waals surface area contributed by atoms with Crippen molar-refractivity contribution in [2.45, 2.75) is 17.6 Å². The molecule has 0 fully saturated rings. The molecule has 0 spiro atoms. The molecule has 0 aliphatic carbocycles. The Morgan fingerprint density at radius 2 is 2.16 bits per heavy atom. The summed E-state index contributed by atoms with van der Waals surface area (Å²) in [4.78, 5) is 14.9. The number of carbonyl (C=O) groups is 1. The second-order valence-corrected chi connectivity index (χ2v) is 6.73. The molecule has 5 nitrogen and oxygen atoms in total. The minimum absolute atomic E-state index is 0.000599. The van der Waals surface area contributed by atoms with Crippen molar-refractivity contribution in [1.82, 2.24) is 4.98 Å². The van der Waals surface area contributed by atoms with E-state index in [2.05, 4.69) is 4.98 Å². The standard InChI is InChI=1S/C12H11NO4S2/c1-8-2-3-10(4-11(8)12(14)15)19(16,17)6-9-5-18-7-13-9/h2-5,7H,6H2,1H3,(H,14,15). The van der Waals surface area contributed by atoms with Crippen LogP contribution in [0.25, 0.3) is 0 Å². The molecule has 100 valence electrons. The smallest absolute Gasteiger partial charge is 0.335 e. The maximum Gasteiger partial charge on any atom is 0.335 e. The van der Waals surface area contributed by atoms with Crippen LogP contribution in [0.15, 0.2) is 34.0 Å². The summed E-state index contributed by atoms with van der Waals surface area (Å²) in [6.07, 6.45) is 0. The van der Waals surface area contributed by atoms with Gasteiger partial charge in [0.2, 0.25) is 0 Å². The highest BCUT2D eigenvalue weighted by Gasteiger charge is 2.19. The topological polar surface area (TPSA) is 84.3 Å². The summed E-state index contributed by atoms with van der Waals surface area (Å²) in [6.45, 7) is 1.63. The molecular weight excluding hydrogens is 286 g/mol. The van der Waals surface area contributed by atoms with E-state index in [4.69, 9.17) is 5.11 Å². The molecule has 0 saturated heterocycles. The molecule has 0 radical (unpaired) electrons. The minimum Gasteiger partial charge on any atom is -0.478 e. The van der Waals surface area contributed by atoms with E-state index < -0.39 is 15.8 Å². The third kappa shape index (κ3) is 2.99. The number of rotatable bonds is 4. The number of carboxylic acid groups (broad SMARTS) is 1. The van der Waals surface area contributed by atoms with E-state index in [1.165, 1.54) is 29.5 Å². The molecule has 0 saturated carbocycles. The fourth-order valence-electron chi connectivity index (χ4n) is 1.61. The lowest BCUT2D eigenvalue weighted by atomic mass is 10.1. The van der Waals surface area contributed by atoms with Crippen LogP contribution >= 0.6 is 11.3 Å². The maximum absolute atomic E-state index is 12.2. The monoisotopic (exact) mass is 297 g/mol. The van der Waals surface area contributed by atoms with Crippen LogP contribution in [-0.4, -0.2) is 24.5 Å². The quantitative estimate of drug-likeness (QED) is 0.934. The molecule has 0 unspecified atom stereocenters. The summed E-state index contributed by atoms with van der Waals surface area (Å²) in [6, 6.07) is 4.11. The first-order chi connectivity index (χ1) is 8.90. The van der Waals surface area contributed by atoms with Gasteiger partial charge in [0.1, 0.15) is 0 Å². The second-order valence-electron chi connectivity index (χ2n) is 4.02. The molecule has 19 heavy (non-hydrogen) atoms. The lowest BCUT2D eigenvalue weighted by Crippen LogP contribution is -2.08. The van der Waals surface area contributed by atoms with Gasteiger partial charge in [-0.1, -0.05) is 6.07 Å². The van der Waals surface area contributed by atoms with Crippen LogP contribution < -0.4 is 0 Å². The molecule has 1 aromatic carbocycles. The molecule has 2 aromatic rings. The SMILES string of the molecule is Cc1ccc(S(=O)(=O)Cc2cscn2)cc1C(=O)O. The van der Waals surface area contributed by atoms with Gasteiger partial charge >= 0.3 is 5.97 Å². The normalized spacial score (nSPS) is 11.4. The van der Waals surface area contributed by atoms with Crippen LogP contribution in [0, 0.1) is 6.92 Å². The van der Waals surface area contributed by atoms with Gasteiger partial charge in [-0.3, -0.25) is 0 Å². The van der Waals surface area contributed by atoms with Crippen molar-refractivity contribution in [1.29, 1.82) is 0 Å². The molecule has 2 rings (SSSR count). The number of hydrogen-bond acceptors (Lipinski definition) is 5. The molecule has 7 heteroatoms. The van der Waals surface area contributed by atoms with Gasteiger partial charge in [0.15, 0.2) is 9.84 Å². The number of aromatic nitrogens is 1. The highest BCUT2D eigenvalue weighted by atomic mass is 32.2. The molecule has 0 amide bonds. The first-order valence-corrected chi connectivity index (χ1v) is 7.93. The number of aromatic carboxylic acids is 1. The van der Waals surface area contributed by atoms with E-state index in [-0.39, 0.29) is 16.2 Å². The van der Waals surface area contributed by atoms with Crippen LogP contribution in [0.5, 0.6) is 0 Å². The summed E-state index contributed by atoms with van der Waals surface area (Å²) in [5.74, 6) is -1.36. The maximum atomic E-state index is 12.2. The number of thiazole rings is 1. The largest absolute Gasteiger partial charge is 0.478 e. The van der Waals surface area contributed by atoms with Gasteiger partial charge in [0.05, 0.1) is 27.4 Å². The lowest BCUT2D eigenvalue weighted by molar-refractivity contribution is 0.0696. The summed E-state index contributed by atoms with van der Waals surface area (Å²) < 4.78 is 24.3. The molecule has 0 aliphatic heterocycles. The van der Waals surface area contributed by atoms with Gasteiger partial charge in [0.25, 0.3) is 0 Å². The third-order valence-electron chi connectivity index (χ3n) is 2.62. The van der Waals surface area contributed by atoms with E-state index in [1.807, 2.05) is 0 Å². The highest BCUT2D eigenvalue weighted by molar-refractivity contribution is 7.90. The fraction of sp³-hybridized carbons (Fsp3) is 0.167. The van der Waals surface area contributed by atoms with E-state index in [0.717, 1.165) is 0 Å². The first kappa shape index (κ1) is 13.7. The van der Waals surface area contributed by atoms with Gasteiger partial charge in [-0.05, 0) is 24.6 Å². The number of benzene rings is 1. The molecule has 0 aliphatic rings. The molecule has 0 bridgehead atoms. The van der Waals surface area contributed by atoms with Crippen molar-refractivity contribution < 1.29 is 18.3 Å². The fourth-order valence-corrected chi connectivity index (χ4v) is 3.56. The van der Waals surface area contributed by atoms with Gasteiger partial charge < -0.3 is 5.11 Å². The van der Waals surface area contributed by atoms with E-state index >= 15 is 0 Å². The average molecular weight is 297 g/mol. The van der Waals surface area contributed by atoms with Crippen LogP contribution in [0.4, 0.5) is 0 Å². The third-order valence-corrected chi connectivity index (χ3v) is 4.90. The number of sulfone groups is 1. The lowest BCUT2D eigenvalue weighted by Gasteiger charge is -2.06. The number of carboxylic acids is 1.